The number of benzene rings is 1. The number of ether oxygens (including phenoxy) is 2. The predicted octanol–water partition coefficient (Wildman–Crippen LogP) is 0.375. The Kier molecular flexibility index (Phi) is 4.01. The third-order valence-electron chi connectivity index (χ3n) is 2.65. The van der Waals surface area contributed by atoms with E-state index in [0.717, 1.165) is 0 Å². The van der Waals surface area contributed by atoms with E-state index in [2.05, 4.69) is 0 Å². The third kappa shape index (κ3) is 2.55. The van der Waals surface area contributed by atoms with Crippen molar-refractivity contribution < 1.29 is 24.5 Å². The SMILES string of the molecule is O=C1OCC(CO)N1c1ccc(OCCO)cc1. The van der Waals surface area contributed by atoms with E-state index in [0.29, 0.717) is 11.4 Å². The number of hydrogen-bond acceptors (Lipinski definition) is 5. The summed E-state index contributed by atoms with van der Waals surface area (Å²) in [4.78, 5) is 12.9. The molecule has 0 aromatic heterocycles. The second kappa shape index (κ2) is 5.70. The van der Waals surface area contributed by atoms with Crippen molar-refractivity contribution in [3.63, 3.8) is 0 Å². The fourth-order valence-electron chi connectivity index (χ4n) is 1.78. The molecule has 2 N–H and O–H groups in total. The Morgan fingerprint density at radius 3 is 2.67 bits per heavy atom. The van der Waals surface area contributed by atoms with E-state index in [1.54, 1.807) is 24.3 Å². The number of hydrogen-bond donors (Lipinski definition) is 2. The number of nitrogens with zero attached hydrogens (tertiary/aromatic N) is 1. The fourth-order valence-corrected chi connectivity index (χ4v) is 1.78. The highest BCUT2D eigenvalue weighted by atomic mass is 16.6. The Labute approximate surface area is 104 Å². The van der Waals surface area contributed by atoms with Gasteiger partial charge >= 0.3 is 6.09 Å². The van der Waals surface area contributed by atoms with Gasteiger partial charge in [0.1, 0.15) is 19.0 Å². The van der Waals surface area contributed by atoms with Crippen LogP contribution in [0.15, 0.2) is 24.3 Å². The highest BCUT2D eigenvalue weighted by molar-refractivity contribution is 5.90. The van der Waals surface area contributed by atoms with Crippen LogP contribution in [0.3, 0.4) is 0 Å². The molecule has 1 fully saturated rings. The summed E-state index contributed by atoms with van der Waals surface area (Å²) in [6.07, 6.45) is -0.460. The molecule has 6 heteroatoms. The van der Waals surface area contributed by atoms with Gasteiger partial charge in [-0.05, 0) is 24.3 Å². The fraction of sp³-hybridized carbons (Fsp3) is 0.417. The highest BCUT2D eigenvalue weighted by Gasteiger charge is 2.33. The summed E-state index contributed by atoms with van der Waals surface area (Å²) in [5, 5.41) is 17.8. The molecule has 1 heterocycles. The Morgan fingerprint density at radius 1 is 1.33 bits per heavy atom. The molecule has 0 saturated carbocycles. The summed E-state index contributed by atoms with van der Waals surface area (Å²) >= 11 is 0. The molecule has 18 heavy (non-hydrogen) atoms. The lowest BCUT2D eigenvalue weighted by atomic mass is 10.2. The molecular weight excluding hydrogens is 238 g/mol. The third-order valence-corrected chi connectivity index (χ3v) is 2.65. The van der Waals surface area contributed by atoms with Crippen molar-refractivity contribution in [3.05, 3.63) is 24.3 Å². The average Bonchev–Trinajstić information content (AvgIpc) is 2.78. The minimum atomic E-state index is -0.460. The van der Waals surface area contributed by atoms with E-state index in [1.807, 2.05) is 0 Å². The van der Waals surface area contributed by atoms with Crippen molar-refractivity contribution in [2.75, 3.05) is 31.3 Å². The minimum Gasteiger partial charge on any atom is -0.491 e. The number of carbonyl (C=O) groups is 1. The number of aliphatic hydroxyl groups is 2. The van der Waals surface area contributed by atoms with Crippen molar-refractivity contribution in [2.24, 2.45) is 0 Å². The normalized spacial score (nSPS) is 18.9. The lowest BCUT2D eigenvalue weighted by Crippen LogP contribution is -2.35. The second-order valence-electron chi connectivity index (χ2n) is 3.85. The molecule has 98 valence electrons. The maximum Gasteiger partial charge on any atom is 0.414 e. The standard InChI is InChI=1S/C12H15NO5/c14-5-6-17-11-3-1-9(2-4-11)13-10(7-15)8-18-12(13)16/h1-4,10,14-15H,5-8H2. The van der Waals surface area contributed by atoms with E-state index in [1.165, 1.54) is 4.90 Å². The van der Waals surface area contributed by atoms with Gasteiger partial charge in [0.05, 0.1) is 19.3 Å². The van der Waals surface area contributed by atoms with Crippen molar-refractivity contribution in [1.29, 1.82) is 0 Å². The van der Waals surface area contributed by atoms with Crippen LogP contribution in [0.4, 0.5) is 10.5 Å². The van der Waals surface area contributed by atoms with E-state index in [9.17, 15) is 4.79 Å². The largest absolute Gasteiger partial charge is 0.491 e. The zero-order valence-electron chi connectivity index (χ0n) is 9.78. The van der Waals surface area contributed by atoms with E-state index < -0.39 is 6.09 Å². The number of carbonyl (C=O) groups excluding carboxylic acids is 1. The van der Waals surface area contributed by atoms with Gasteiger partial charge in [0, 0.05) is 5.69 Å². The number of cyclic esters (lactones) is 1. The molecule has 0 bridgehead atoms. The maximum absolute atomic E-state index is 11.5. The van der Waals surface area contributed by atoms with Gasteiger partial charge in [0.25, 0.3) is 0 Å². The van der Waals surface area contributed by atoms with Gasteiger partial charge in [0.2, 0.25) is 0 Å². The predicted molar refractivity (Wildman–Crippen MR) is 63.7 cm³/mol. The number of anilines is 1. The van der Waals surface area contributed by atoms with Crippen molar-refractivity contribution >= 4 is 11.8 Å². The van der Waals surface area contributed by atoms with Crippen LogP contribution in [-0.4, -0.2) is 48.8 Å². The quantitative estimate of drug-likeness (QED) is 0.792. The van der Waals surface area contributed by atoms with Gasteiger partial charge in [-0.3, -0.25) is 4.90 Å². The summed E-state index contributed by atoms with van der Waals surface area (Å²) in [5.41, 5.74) is 0.646. The average molecular weight is 253 g/mol. The van der Waals surface area contributed by atoms with Crippen LogP contribution in [0.5, 0.6) is 5.75 Å². The van der Waals surface area contributed by atoms with Crippen LogP contribution >= 0.6 is 0 Å². The van der Waals surface area contributed by atoms with E-state index >= 15 is 0 Å². The first kappa shape index (κ1) is 12.7. The lowest BCUT2D eigenvalue weighted by Gasteiger charge is -2.19. The molecule has 0 aliphatic carbocycles. The molecule has 1 aromatic carbocycles. The van der Waals surface area contributed by atoms with Gasteiger partial charge in [-0.2, -0.15) is 0 Å². The van der Waals surface area contributed by atoms with Crippen LogP contribution in [0.1, 0.15) is 0 Å². The highest BCUT2D eigenvalue weighted by Crippen LogP contribution is 2.25. The Hall–Kier alpha value is -1.79. The summed E-state index contributed by atoms with van der Waals surface area (Å²) in [5.74, 6) is 0.612. The van der Waals surface area contributed by atoms with Crippen molar-refractivity contribution in [3.8, 4) is 5.75 Å². The molecule has 1 amide bonds. The topological polar surface area (TPSA) is 79.2 Å². The van der Waals surface area contributed by atoms with Gasteiger partial charge < -0.3 is 19.7 Å². The smallest absolute Gasteiger partial charge is 0.414 e. The summed E-state index contributed by atoms with van der Waals surface area (Å²) in [6, 6.07) is 6.47. The summed E-state index contributed by atoms with van der Waals surface area (Å²) < 4.78 is 10.1. The van der Waals surface area contributed by atoms with Crippen LogP contribution in [0.25, 0.3) is 0 Å². The van der Waals surface area contributed by atoms with Gasteiger partial charge in [-0.25, -0.2) is 4.79 Å². The molecule has 0 radical (unpaired) electrons. The summed E-state index contributed by atoms with van der Waals surface area (Å²) in [6.45, 7) is 0.226. The van der Waals surface area contributed by atoms with Crippen molar-refractivity contribution in [2.45, 2.75) is 6.04 Å². The minimum absolute atomic E-state index is 0.0488. The zero-order valence-corrected chi connectivity index (χ0v) is 9.78. The van der Waals surface area contributed by atoms with Gasteiger partial charge in [0.15, 0.2) is 0 Å². The first-order valence-corrected chi connectivity index (χ1v) is 5.67. The first-order valence-electron chi connectivity index (χ1n) is 5.67. The zero-order chi connectivity index (χ0) is 13.0. The molecule has 2 rings (SSSR count). The van der Waals surface area contributed by atoms with Gasteiger partial charge in [-0.15, -0.1) is 0 Å². The lowest BCUT2D eigenvalue weighted by molar-refractivity contribution is 0.174. The number of aliphatic hydroxyl groups excluding tert-OH is 2. The molecule has 1 aliphatic rings. The number of rotatable bonds is 5. The molecule has 1 aromatic rings. The second-order valence-corrected chi connectivity index (χ2v) is 3.85. The maximum atomic E-state index is 11.5. The first-order chi connectivity index (χ1) is 8.76. The molecule has 0 spiro atoms. The molecular formula is C12H15NO5. The van der Waals surface area contributed by atoms with Crippen LogP contribution < -0.4 is 9.64 Å². The van der Waals surface area contributed by atoms with Crippen LogP contribution in [0.2, 0.25) is 0 Å². The van der Waals surface area contributed by atoms with Gasteiger partial charge in [-0.1, -0.05) is 0 Å². The Bertz CT molecular complexity index is 405. The summed E-state index contributed by atoms with van der Waals surface area (Å²) in [7, 11) is 0. The number of amides is 1. The van der Waals surface area contributed by atoms with E-state index in [4.69, 9.17) is 19.7 Å². The molecule has 1 unspecified atom stereocenters. The molecule has 6 nitrogen and oxygen atoms in total. The molecule has 1 saturated heterocycles. The van der Waals surface area contributed by atoms with Crippen molar-refractivity contribution in [1.82, 2.24) is 0 Å². The monoisotopic (exact) mass is 253 g/mol. The molecule has 1 aliphatic heterocycles. The Morgan fingerprint density at radius 2 is 2.06 bits per heavy atom. The van der Waals surface area contributed by atoms with E-state index in [-0.39, 0.29) is 32.5 Å². The molecule has 1 atom stereocenters. The Balaban J connectivity index is 2.10. The van der Waals surface area contributed by atoms with Crippen LogP contribution in [-0.2, 0) is 4.74 Å². The van der Waals surface area contributed by atoms with Crippen LogP contribution in [0, 0.1) is 0 Å².